The Labute approximate surface area is 153 Å². The number of rotatable bonds is 4. The first kappa shape index (κ1) is 16.7. The van der Waals surface area contributed by atoms with Gasteiger partial charge in [0.15, 0.2) is 11.5 Å². The first-order valence-corrected chi connectivity index (χ1v) is 8.42. The van der Waals surface area contributed by atoms with Gasteiger partial charge < -0.3 is 14.9 Å². The van der Waals surface area contributed by atoms with E-state index in [2.05, 4.69) is 30.5 Å². The van der Waals surface area contributed by atoms with Gasteiger partial charge in [-0.25, -0.2) is 9.78 Å². The summed E-state index contributed by atoms with van der Waals surface area (Å²) < 4.78 is 1.93. The standard InChI is InChI=1S/C18H17N7O2/c1-10(2)25-9-20-24-16(25)11-5-3-4-6-13(11)21-17(26)12-7-8-19-15-14(12)22-18(27)23-15/h3-10H,1-2H3,(H,21,26)(H2,19,22,23,27). The Balaban J connectivity index is 1.74. The van der Waals surface area contributed by atoms with E-state index in [1.54, 1.807) is 18.5 Å². The SMILES string of the molecule is CC(C)n1cnnc1-c1ccccc1NC(=O)c1ccnc2[nH]c(=O)[nH]c12. The minimum atomic E-state index is -0.414. The Hall–Kier alpha value is -3.75. The summed E-state index contributed by atoms with van der Waals surface area (Å²) in [5.41, 5.74) is 1.95. The van der Waals surface area contributed by atoms with Gasteiger partial charge in [0.2, 0.25) is 0 Å². The lowest BCUT2D eigenvalue weighted by Crippen LogP contribution is -2.14. The van der Waals surface area contributed by atoms with Gasteiger partial charge in [0.25, 0.3) is 5.91 Å². The van der Waals surface area contributed by atoms with Gasteiger partial charge in [-0.1, -0.05) is 12.1 Å². The van der Waals surface area contributed by atoms with Crippen molar-refractivity contribution in [2.75, 3.05) is 5.32 Å². The Bertz CT molecular complexity index is 1190. The average Bonchev–Trinajstić information content (AvgIpc) is 3.27. The van der Waals surface area contributed by atoms with Crippen molar-refractivity contribution in [2.45, 2.75) is 19.9 Å². The van der Waals surface area contributed by atoms with Crippen LogP contribution < -0.4 is 11.0 Å². The molecule has 4 aromatic rings. The van der Waals surface area contributed by atoms with Gasteiger partial charge in [0.1, 0.15) is 6.33 Å². The second kappa shape index (κ2) is 6.52. The maximum atomic E-state index is 12.9. The number of fused-ring (bicyclic) bond motifs is 1. The lowest BCUT2D eigenvalue weighted by molar-refractivity contribution is 0.102. The zero-order valence-electron chi connectivity index (χ0n) is 14.7. The number of aromatic amines is 2. The molecule has 0 radical (unpaired) electrons. The summed E-state index contributed by atoms with van der Waals surface area (Å²) in [5, 5.41) is 11.1. The highest BCUT2D eigenvalue weighted by Crippen LogP contribution is 2.28. The molecular weight excluding hydrogens is 346 g/mol. The van der Waals surface area contributed by atoms with Gasteiger partial charge in [-0.3, -0.25) is 9.78 Å². The normalized spacial score (nSPS) is 11.2. The number of nitrogens with one attached hydrogen (secondary N) is 3. The number of hydrogen-bond acceptors (Lipinski definition) is 5. The van der Waals surface area contributed by atoms with E-state index < -0.39 is 5.69 Å². The van der Waals surface area contributed by atoms with Crippen molar-refractivity contribution in [3.63, 3.8) is 0 Å². The van der Waals surface area contributed by atoms with Crippen LogP contribution in [-0.4, -0.2) is 35.6 Å². The van der Waals surface area contributed by atoms with Gasteiger partial charge in [-0.15, -0.1) is 10.2 Å². The number of carbonyl (C=O) groups is 1. The third-order valence-electron chi connectivity index (χ3n) is 4.21. The molecule has 0 aliphatic rings. The largest absolute Gasteiger partial charge is 0.325 e. The molecule has 0 atom stereocenters. The zero-order chi connectivity index (χ0) is 19.0. The molecule has 0 bridgehead atoms. The maximum Gasteiger partial charge on any atom is 0.325 e. The molecule has 3 N–H and O–H groups in total. The van der Waals surface area contributed by atoms with E-state index in [0.717, 1.165) is 5.56 Å². The number of nitrogens with zero attached hydrogens (tertiary/aromatic N) is 4. The molecule has 0 unspecified atom stereocenters. The monoisotopic (exact) mass is 363 g/mol. The molecule has 4 rings (SSSR count). The fourth-order valence-corrected chi connectivity index (χ4v) is 2.91. The third-order valence-corrected chi connectivity index (χ3v) is 4.21. The van der Waals surface area contributed by atoms with E-state index in [1.807, 2.05) is 36.6 Å². The molecule has 9 heteroatoms. The fraction of sp³-hybridized carbons (Fsp3) is 0.167. The van der Waals surface area contributed by atoms with E-state index in [0.29, 0.717) is 28.2 Å². The van der Waals surface area contributed by atoms with Crippen LogP contribution in [0, 0.1) is 0 Å². The molecule has 3 aromatic heterocycles. The van der Waals surface area contributed by atoms with Crippen molar-refractivity contribution in [3.8, 4) is 11.4 Å². The predicted octanol–water partition coefficient (Wildman–Crippen LogP) is 2.34. The van der Waals surface area contributed by atoms with Crippen LogP contribution in [0.3, 0.4) is 0 Å². The highest BCUT2D eigenvalue weighted by molar-refractivity contribution is 6.11. The van der Waals surface area contributed by atoms with Crippen molar-refractivity contribution in [2.24, 2.45) is 0 Å². The Morgan fingerprint density at radius 2 is 2.00 bits per heavy atom. The average molecular weight is 363 g/mol. The number of carbonyl (C=O) groups excluding carboxylic acids is 1. The van der Waals surface area contributed by atoms with Crippen molar-refractivity contribution in [1.82, 2.24) is 29.7 Å². The van der Waals surface area contributed by atoms with Gasteiger partial charge in [0.05, 0.1) is 16.8 Å². The third kappa shape index (κ3) is 2.99. The van der Waals surface area contributed by atoms with Crippen molar-refractivity contribution >= 4 is 22.8 Å². The van der Waals surface area contributed by atoms with Crippen LogP contribution in [0.5, 0.6) is 0 Å². The molecule has 0 aliphatic carbocycles. The van der Waals surface area contributed by atoms with E-state index in [-0.39, 0.29) is 11.9 Å². The smallest absolute Gasteiger partial charge is 0.321 e. The second-order valence-corrected chi connectivity index (χ2v) is 6.32. The fourth-order valence-electron chi connectivity index (χ4n) is 2.91. The summed E-state index contributed by atoms with van der Waals surface area (Å²) >= 11 is 0. The van der Waals surface area contributed by atoms with Crippen LogP contribution in [0.2, 0.25) is 0 Å². The van der Waals surface area contributed by atoms with E-state index in [1.165, 1.54) is 6.20 Å². The van der Waals surface area contributed by atoms with Gasteiger partial charge in [-0.2, -0.15) is 0 Å². The van der Waals surface area contributed by atoms with E-state index in [4.69, 9.17) is 0 Å². The minimum Gasteiger partial charge on any atom is -0.321 e. The Kier molecular flexibility index (Phi) is 4.03. The molecule has 3 heterocycles. The lowest BCUT2D eigenvalue weighted by Gasteiger charge is -2.14. The van der Waals surface area contributed by atoms with Crippen molar-refractivity contribution in [1.29, 1.82) is 0 Å². The van der Waals surface area contributed by atoms with Gasteiger partial charge in [0, 0.05) is 17.8 Å². The summed E-state index contributed by atoms with van der Waals surface area (Å²) in [4.78, 5) is 33.6. The van der Waals surface area contributed by atoms with Crippen LogP contribution >= 0.6 is 0 Å². The second-order valence-electron chi connectivity index (χ2n) is 6.32. The summed E-state index contributed by atoms with van der Waals surface area (Å²) in [7, 11) is 0. The number of H-pyrrole nitrogens is 2. The summed E-state index contributed by atoms with van der Waals surface area (Å²) in [6, 6.07) is 9.10. The van der Waals surface area contributed by atoms with Gasteiger partial charge in [-0.05, 0) is 32.0 Å². The molecule has 0 fully saturated rings. The number of hydrogen-bond donors (Lipinski definition) is 3. The van der Waals surface area contributed by atoms with E-state index in [9.17, 15) is 9.59 Å². The predicted molar refractivity (Wildman–Crippen MR) is 101 cm³/mol. The summed E-state index contributed by atoms with van der Waals surface area (Å²) in [6.45, 7) is 4.06. The van der Waals surface area contributed by atoms with Crippen LogP contribution in [-0.2, 0) is 0 Å². The highest BCUT2D eigenvalue weighted by Gasteiger charge is 2.17. The van der Waals surface area contributed by atoms with E-state index >= 15 is 0 Å². The number of benzene rings is 1. The molecule has 9 nitrogen and oxygen atoms in total. The zero-order valence-corrected chi connectivity index (χ0v) is 14.7. The number of para-hydroxylation sites is 1. The van der Waals surface area contributed by atoms with Gasteiger partial charge >= 0.3 is 5.69 Å². The van der Waals surface area contributed by atoms with Crippen LogP contribution in [0.1, 0.15) is 30.2 Å². The molecule has 0 aliphatic heterocycles. The maximum absolute atomic E-state index is 12.9. The Morgan fingerprint density at radius 3 is 2.81 bits per heavy atom. The van der Waals surface area contributed by atoms with Crippen molar-refractivity contribution < 1.29 is 4.79 Å². The molecule has 0 saturated heterocycles. The lowest BCUT2D eigenvalue weighted by atomic mass is 10.1. The summed E-state index contributed by atoms with van der Waals surface area (Å²) in [6.07, 6.45) is 3.14. The minimum absolute atomic E-state index is 0.170. The van der Waals surface area contributed by atoms with Crippen molar-refractivity contribution in [3.05, 3.63) is 58.9 Å². The molecule has 1 aromatic carbocycles. The number of pyridine rings is 1. The van der Waals surface area contributed by atoms with Crippen LogP contribution in [0.25, 0.3) is 22.6 Å². The molecule has 1 amide bonds. The number of amides is 1. The first-order valence-electron chi connectivity index (χ1n) is 8.42. The molecule has 0 spiro atoms. The summed E-state index contributed by atoms with van der Waals surface area (Å²) in [5.74, 6) is 0.302. The topological polar surface area (TPSA) is 121 Å². The molecule has 0 saturated carbocycles. The number of anilines is 1. The molecule has 136 valence electrons. The van der Waals surface area contributed by atoms with Crippen LogP contribution in [0.15, 0.2) is 47.7 Å². The first-order chi connectivity index (χ1) is 13.0. The Morgan fingerprint density at radius 1 is 1.19 bits per heavy atom. The molecular formula is C18H17N7O2. The van der Waals surface area contributed by atoms with Crippen LogP contribution in [0.4, 0.5) is 5.69 Å². The highest BCUT2D eigenvalue weighted by atomic mass is 16.2. The quantitative estimate of drug-likeness (QED) is 0.514. The number of aromatic nitrogens is 6. The molecule has 27 heavy (non-hydrogen) atoms. The number of imidazole rings is 1.